The van der Waals surface area contributed by atoms with Crippen LogP contribution in [-0.2, 0) is 11.5 Å². The molecule has 9 nitrogen and oxygen atoms in total. The minimum absolute atomic E-state index is 0.112. The van der Waals surface area contributed by atoms with Gasteiger partial charge in [0.05, 0.1) is 24.5 Å². The molecule has 0 bridgehead atoms. The first-order valence-corrected chi connectivity index (χ1v) is 14.8. The lowest BCUT2D eigenvalue weighted by molar-refractivity contribution is -0.129. The summed E-state index contributed by atoms with van der Waals surface area (Å²) >= 11 is 1.80. The van der Waals surface area contributed by atoms with E-state index in [0.29, 0.717) is 23.4 Å². The molecular formula is C31H33N5O4S. The maximum absolute atomic E-state index is 12.6. The summed E-state index contributed by atoms with van der Waals surface area (Å²) in [6.07, 6.45) is 3.70. The van der Waals surface area contributed by atoms with Crippen molar-refractivity contribution in [3.05, 3.63) is 94.4 Å². The van der Waals surface area contributed by atoms with E-state index in [1.165, 1.54) is 38.8 Å². The molecule has 2 aromatic carbocycles. The number of unbranched alkanes of at least 4 members (excludes halogenated alkanes) is 1. The highest BCUT2D eigenvalue weighted by atomic mass is 32.1. The minimum Gasteiger partial charge on any atom is -0.494 e. The minimum atomic E-state index is -1.22. The summed E-state index contributed by atoms with van der Waals surface area (Å²) in [7, 11) is 0. The van der Waals surface area contributed by atoms with Crippen molar-refractivity contribution in [3.8, 4) is 5.75 Å². The number of benzene rings is 2. The molecule has 3 aromatic heterocycles. The average molecular weight is 572 g/mol. The van der Waals surface area contributed by atoms with Crippen LogP contribution in [0.5, 0.6) is 5.75 Å². The number of thiophene rings is 1. The van der Waals surface area contributed by atoms with Gasteiger partial charge in [-0.1, -0.05) is 6.07 Å². The van der Waals surface area contributed by atoms with Crippen LogP contribution in [0.2, 0.25) is 0 Å². The van der Waals surface area contributed by atoms with E-state index in [4.69, 9.17) is 9.47 Å². The van der Waals surface area contributed by atoms with Gasteiger partial charge in [0.25, 0.3) is 5.56 Å². The second-order valence-corrected chi connectivity index (χ2v) is 11.1. The van der Waals surface area contributed by atoms with Gasteiger partial charge in [0.15, 0.2) is 6.29 Å². The van der Waals surface area contributed by atoms with Crippen molar-refractivity contribution in [2.24, 2.45) is 0 Å². The second kappa shape index (κ2) is 12.8. The number of fused-ring (bicyclic) bond motifs is 2. The Bertz CT molecular complexity index is 1650. The summed E-state index contributed by atoms with van der Waals surface area (Å²) in [5, 5.41) is 22.2. The first kappa shape index (κ1) is 27.3. The maximum atomic E-state index is 12.6. The number of ether oxygens (including phenoxy) is 2. The SMILES string of the molecule is O=c1ccc2ccc(OCCCCN3CCN(c4cccc5sccc45)CC3)cc2n1COC(O)c1ccnnc1. The van der Waals surface area contributed by atoms with Gasteiger partial charge in [-0.2, -0.15) is 10.2 Å². The molecule has 0 radical (unpaired) electrons. The highest BCUT2D eigenvalue weighted by molar-refractivity contribution is 7.17. The van der Waals surface area contributed by atoms with Crippen LogP contribution in [0.3, 0.4) is 0 Å². The molecule has 212 valence electrons. The quantitative estimate of drug-likeness (QED) is 0.181. The van der Waals surface area contributed by atoms with E-state index in [2.05, 4.69) is 49.6 Å². The monoisotopic (exact) mass is 571 g/mol. The van der Waals surface area contributed by atoms with Crippen LogP contribution < -0.4 is 15.2 Å². The zero-order valence-electron chi connectivity index (χ0n) is 22.8. The predicted molar refractivity (Wildman–Crippen MR) is 161 cm³/mol. The number of rotatable bonds is 11. The van der Waals surface area contributed by atoms with Crippen LogP contribution >= 0.6 is 11.3 Å². The molecule has 0 amide bonds. The van der Waals surface area contributed by atoms with Crippen LogP contribution in [0.15, 0.2) is 83.2 Å². The number of anilines is 1. The molecule has 1 atom stereocenters. The number of aliphatic hydroxyl groups is 1. The molecule has 6 rings (SSSR count). The van der Waals surface area contributed by atoms with Gasteiger partial charge in [0.1, 0.15) is 12.5 Å². The Kier molecular flexibility index (Phi) is 8.52. The van der Waals surface area contributed by atoms with E-state index in [0.717, 1.165) is 51.0 Å². The van der Waals surface area contributed by atoms with Gasteiger partial charge < -0.3 is 19.5 Å². The van der Waals surface area contributed by atoms with Gasteiger partial charge >= 0.3 is 0 Å². The van der Waals surface area contributed by atoms with Crippen LogP contribution in [0.25, 0.3) is 21.0 Å². The largest absolute Gasteiger partial charge is 0.494 e. The van der Waals surface area contributed by atoms with E-state index in [9.17, 15) is 9.90 Å². The van der Waals surface area contributed by atoms with Gasteiger partial charge in [-0.15, -0.1) is 11.3 Å². The molecule has 1 aliphatic heterocycles. The van der Waals surface area contributed by atoms with Crippen molar-refractivity contribution in [3.63, 3.8) is 0 Å². The van der Waals surface area contributed by atoms with Crippen LogP contribution in [0.4, 0.5) is 5.69 Å². The van der Waals surface area contributed by atoms with Crippen molar-refractivity contribution in [1.82, 2.24) is 19.7 Å². The molecule has 41 heavy (non-hydrogen) atoms. The molecule has 0 saturated carbocycles. The highest BCUT2D eigenvalue weighted by Gasteiger charge is 2.18. The molecule has 0 aliphatic carbocycles. The first-order valence-electron chi connectivity index (χ1n) is 13.9. The van der Waals surface area contributed by atoms with E-state index in [1.54, 1.807) is 23.5 Å². The van der Waals surface area contributed by atoms with Crippen molar-refractivity contribution < 1.29 is 14.6 Å². The Morgan fingerprint density at radius 1 is 0.976 bits per heavy atom. The van der Waals surface area contributed by atoms with Crippen LogP contribution in [0, 0.1) is 0 Å². The standard InChI is InChI=1S/C31H33N5O4S/c37-30-9-7-23-6-8-25(20-28(23)36(30)22-40-31(38)24-10-12-32-33-21-24)39-18-2-1-13-34-14-16-35(17-15-34)27-4-3-5-29-26(27)11-19-41-29/h3-12,19-21,31,38H,1-2,13-18,22H2. The van der Waals surface area contributed by atoms with E-state index >= 15 is 0 Å². The number of piperazine rings is 1. The predicted octanol–water partition coefficient (Wildman–Crippen LogP) is 4.65. The fourth-order valence-corrected chi connectivity index (χ4v) is 6.08. The third kappa shape index (κ3) is 6.41. The van der Waals surface area contributed by atoms with E-state index in [1.807, 2.05) is 18.2 Å². The molecule has 1 N–H and O–H groups in total. The maximum Gasteiger partial charge on any atom is 0.252 e. The normalized spacial score (nSPS) is 15.0. The van der Waals surface area contributed by atoms with E-state index < -0.39 is 6.29 Å². The van der Waals surface area contributed by atoms with Gasteiger partial charge in [0.2, 0.25) is 0 Å². The number of nitrogens with zero attached hydrogens (tertiary/aromatic N) is 5. The summed E-state index contributed by atoms with van der Waals surface area (Å²) < 4.78 is 14.5. The molecule has 5 aromatic rings. The molecule has 4 heterocycles. The lowest BCUT2D eigenvalue weighted by Crippen LogP contribution is -2.46. The Morgan fingerprint density at radius 2 is 1.85 bits per heavy atom. The number of hydrogen-bond acceptors (Lipinski definition) is 9. The van der Waals surface area contributed by atoms with Crippen molar-refractivity contribution >= 4 is 38.0 Å². The van der Waals surface area contributed by atoms with Crippen LogP contribution in [-0.4, -0.2) is 64.1 Å². The van der Waals surface area contributed by atoms with Crippen molar-refractivity contribution in [2.75, 3.05) is 44.2 Å². The highest BCUT2D eigenvalue weighted by Crippen LogP contribution is 2.31. The Labute approximate surface area is 242 Å². The van der Waals surface area contributed by atoms with Crippen LogP contribution in [0.1, 0.15) is 24.7 Å². The number of aliphatic hydroxyl groups excluding tert-OH is 1. The number of hydrogen-bond donors (Lipinski definition) is 1. The zero-order chi connectivity index (χ0) is 28.0. The van der Waals surface area contributed by atoms with Gasteiger partial charge in [-0.05, 0) is 72.6 Å². The Morgan fingerprint density at radius 3 is 2.71 bits per heavy atom. The molecule has 1 aliphatic rings. The summed E-state index contributed by atoms with van der Waals surface area (Å²) in [6, 6.07) is 19.4. The van der Waals surface area contributed by atoms with E-state index in [-0.39, 0.29) is 12.3 Å². The van der Waals surface area contributed by atoms with Gasteiger partial charge in [0, 0.05) is 59.6 Å². The number of aromatic nitrogens is 3. The third-order valence-electron chi connectivity index (χ3n) is 7.54. The average Bonchev–Trinajstić information content (AvgIpc) is 3.50. The summed E-state index contributed by atoms with van der Waals surface area (Å²) in [6.45, 7) is 5.78. The fraction of sp³-hybridized carbons (Fsp3) is 0.323. The third-order valence-corrected chi connectivity index (χ3v) is 8.42. The molecule has 0 spiro atoms. The lowest BCUT2D eigenvalue weighted by Gasteiger charge is -2.36. The fourth-order valence-electron chi connectivity index (χ4n) is 5.27. The topological polar surface area (TPSA) is 93.0 Å². The summed E-state index contributed by atoms with van der Waals surface area (Å²) in [4.78, 5) is 17.7. The first-order chi connectivity index (χ1) is 20.2. The summed E-state index contributed by atoms with van der Waals surface area (Å²) in [5.74, 6) is 0.701. The Hall–Kier alpha value is -3.83. The molecule has 1 saturated heterocycles. The smallest absolute Gasteiger partial charge is 0.252 e. The second-order valence-electron chi connectivity index (χ2n) is 10.1. The number of pyridine rings is 1. The molecular weight excluding hydrogens is 538 g/mol. The summed E-state index contributed by atoms with van der Waals surface area (Å²) in [5.41, 5.74) is 2.29. The lowest BCUT2D eigenvalue weighted by atomic mass is 10.2. The van der Waals surface area contributed by atoms with Crippen molar-refractivity contribution in [2.45, 2.75) is 25.9 Å². The Balaban J connectivity index is 0.980. The zero-order valence-corrected chi connectivity index (χ0v) is 23.6. The van der Waals surface area contributed by atoms with Gasteiger partial charge in [-0.25, -0.2) is 0 Å². The molecule has 1 unspecified atom stereocenters. The molecule has 10 heteroatoms. The molecule has 1 fully saturated rings. The van der Waals surface area contributed by atoms with Crippen molar-refractivity contribution in [1.29, 1.82) is 0 Å². The van der Waals surface area contributed by atoms with Gasteiger partial charge in [-0.3, -0.25) is 14.3 Å².